The van der Waals surface area contributed by atoms with Crippen LogP contribution in [0.2, 0.25) is 0 Å². The summed E-state index contributed by atoms with van der Waals surface area (Å²) in [6.07, 6.45) is 0.805. The van der Waals surface area contributed by atoms with Crippen LogP contribution in [0.5, 0.6) is 0 Å². The Hall–Kier alpha value is -1.77. The van der Waals surface area contributed by atoms with E-state index in [0.717, 1.165) is 17.5 Å². The van der Waals surface area contributed by atoms with Gasteiger partial charge in [0.1, 0.15) is 0 Å². The number of aromatic amines is 1. The molecule has 0 atom stereocenters. The number of nitrogen functional groups attached to an aromatic ring is 1. The van der Waals surface area contributed by atoms with Crippen molar-refractivity contribution in [1.82, 2.24) is 4.98 Å². The molecule has 0 fully saturated rings. The van der Waals surface area contributed by atoms with Gasteiger partial charge in [-0.25, -0.2) is 0 Å². The van der Waals surface area contributed by atoms with Crippen LogP contribution in [0.15, 0.2) is 29.1 Å². The number of hydrogen-bond acceptors (Lipinski definition) is 2. The Balaban J connectivity index is 2.91. The zero-order valence-electron chi connectivity index (χ0n) is 8.00. The summed E-state index contributed by atoms with van der Waals surface area (Å²) >= 11 is 0. The first-order chi connectivity index (χ1) is 6.72. The average molecular weight is 188 g/mol. The molecule has 0 saturated heterocycles. The molecule has 3 heteroatoms. The molecule has 0 unspecified atom stereocenters. The molecular formula is C11H12N2O. The van der Waals surface area contributed by atoms with Gasteiger partial charge in [-0.2, -0.15) is 0 Å². The number of rotatable bonds is 1. The fourth-order valence-electron chi connectivity index (χ4n) is 1.56. The van der Waals surface area contributed by atoms with E-state index in [1.807, 2.05) is 13.0 Å². The van der Waals surface area contributed by atoms with E-state index in [2.05, 4.69) is 4.98 Å². The number of pyridine rings is 1. The maximum absolute atomic E-state index is 11.6. The number of anilines is 1. The average Bonchev–Trinajstić information content (AvgIpc) is 2.19. The molecule has 3 N–H and O–H groups in total. The molecule has 1 aromatic heterocycles. The fourth-order valence-corrected chi connectivity index (χ4v) is 1.56. The van der Waals surface area contributed by atoms with Gasteiger partial charge in [0.15, 0.2) is 0 Å². The number of nitrogens with two attached hydrogens (primary N) is 1. The Kier molecular flexibility index (Phi) is 2.00. The minimum Gasteiger partial charge on any atom is -0.398 e. The largest absolute Gasteiger partial charge is 0.398 e. The van der Waals surface area contributed by atoms with Crippen LogP contribution in [0.1, 0.15) is 12.6 Å². The van der Waals surface area contributed by atoms with E-state index in [0.29, 0.717) is 11.1 Å². The van der Waals surface area contributed by atoms with Crippen LogP contribution in [-0.4, -0.2) is 4.98 Å². The highest BCUT2D eigenvalue weighted by Crippen LogP contribution is 2.17. The van der Waals surface area contributed by atoms with E-state index >= 15 is 0 Å². The number of hydrogen-bond donors (Lipinski definition) is 2. The standard InChI is InChI=1S/C11H12N2O/c1-2-7-6-9-8(11(14)13-7)4-3-5-10(9)12/h3-6H,2,12H2,1H3,(H,13,14). The van der Waals surface area contributed by atoms with Gasteiger partial charge in [-0.05, 0) is 24.6 Å². The summed E-state index contributed by atoms with van der Waals surface area (Å²) in [4.78, 5) is 14.4. The summed E-state index contributed by atoms with van der Waals surface area (Å²) in [5, 5.41) is 1.50. The number of fused-ring (bicyclic) bond motifs is 1. The Morgan fingerprint density at radius 2 is 2.14 bits per heavy atom. The van der Waals surface area contributed by atoms with Crippen molar-refractivity contribution in [1.29, 1.82) is 0 Å². The van der Waals surface area contributed by atoms with E-state index in [1.165, 1.54) is 0 Å². The lowest BCUT2D eigenvalue weighted by Gasteiger charge is -2.03. The predicted octanol–water partition coefficient (Wildman–Crippen LogP) is 1.67. The van der Waals surface area contributed by atoms with Crippen molar-refractivity contribution in [3.8, 4) is 0 Å². The molecule has 1 heterocycles. The molecule has 1 aromatic carbocycles. The second-order valence-corrected chi connectivity index (χ2v) is 3.29. The Morgan fingerprint density at radius 1 is 1.36 bits per heavy atom. The van der Waals surface area contributed by atoms with Gasteiger partial charge >= 0.3 is 0 Å². The molecule has 0 bridgehead atoms. The van der Waals surface area contributed by atoms with Crippen LogP contribution in [0.4, 0.5) is 5.69 Å². The lowest BCUT2D eigenvalue weighted by Crippen LogP contribution is -2.09. The van der Waals surface area contributed by atoms with Crippen molar-refractivity contribution >= 4 is 16.5 Å². The quantitative estimate of drug-likeness (QED) is 0.669. The van der Waals surface area contributed by atoms with Gasteiger partial charge in [-0.15, -0.1) is 0 Å². The zero-order chi connectivity index (χ0) is 10.1. The Labute approximate surface area is 81.6 Å². The van der Waals surface area contributed by atoms with E-state index < -0.39 is 0 Å². The SMILES string of the molecule is CCc1cc2c(N)cccc2c(=O)[nH]1. The fraction of sp³-hybridized carbons (Fsp3) is 0.182. The van der Waals surface area contributed by atoms with Gasteiger partial charge in [-0.1, -0.05) is 13.0 Å². The van der Waals surface area contributed by atoms with Crippen LogP contribution >= 0.6 is 0 Å². The summed E-state index contributed by atoms with van der Waals surface area (Å²) in [6.45, 7) is 2.00. The third-order valence-corrected chi connectivity index (χ3v) is 2.36. The van der Waals surface area contributed by atoms with Gasteiger partial charge < -0.3 is 10.7 Å². The van der Waals surface area contributed by atoms with Crippen molar-refractivity contribution in [2.75, 3.05) is 5.73 Å². The Bertz CT molecular complexity index is 528. The van der Waals surface area contributed by atoms with Crippen molar-refractivity contribution in [3.63, 3.8) is 0 Å². The third-order valence-electron chi connectivity index (χ3n) is 2.36. The number of H-pyrrole nitrogens is 1. The smallest absolute Gasteiger partial charge is 0.256 e. The highest BCUT2D eigenvalue weighted by molar-refractivity contribution is 5.92. The molecule has 0 amide bonds. The molecule has 3 nitrogen and oxygen atoms in total. The van der Waals surface area contributed by atoms with E-state index in [1.54, 1.807) is 18.2 Å². The number of aryl methyl sites for hydroxylation is 1. The molecule has 0 spiro atoms. The topological polar surface area (TPSA) is 58.9 Å². The van der Waals surface area contributed by atoms with E-state index in [4.69, 9.17) is 5.73 Å². The molecule has 14 heavy (non-hydrogen) atoms. The van der Waals surface area contributed by atoms with Crippen molar-refractivity contribution < 1.29 is 0 Å². The Morgan fingerprint density at radius 3 is 2.86 bits per heavy atom. The number of nitrogens with one attached hydrogen (secondary N) is 1. The minimum atomic E-state index is -0.0633. The molecule has 72 valence electrons. The minimum absolute atomic E-state index is 0.0633. The van der Waals surface area contributed by atoms with E-state index in [9.17, 15) is 4.79 Å². The summed E-state index contributed by atoms with van der Waals surface area (Å²) in [5.41, 5.74) is 7.31. The van der Waals surface area contributed by atoms with Gasteiger partial charge in [-0.3, -0.25) is 4.79 Å². The van der Waals surface area contributed by atoms with Crippen LogP contribution in [0, 0.1) is 0 Å². The summed E-state index contributed by atoms with van der Waals surface area (Å²) in [5.74, 6) is 0. The second-order valence-electron chi connectivity index (χ2n) is 3.29. The molecule has 2 aromatic rings. The van der Waals surface area contributed by atoms with Gasteiger partial charge in [0.2, 0.25) is 0 Å². The van der Waals surface area contributed by atoms with Gasteiger partial charge in [0.25, 0.3) is 5.56 Å². The van der Waals surface area contributed by atoms with Gasteiger partial charge in [0.05, 0.1) is 0 Å². The first-order valence-electron chi connectivity index (χ1n) is 4.62. The molecular weight excluding hydrogens is 176 g/mol. The molecule has 0 radical (unpaired) electrons. The van der Waals surface area contributed by atoms with Crippen LogP contribution in [0.25, 0.3) is 10.8 Å². The van der Waals surface area contributed by atoms with Gasteiger partial charge in [0, 0.05) is 22.2 Å². The van der Waals surface area contributed by atoms with Crippen LogP contribution < -0.4 is 11.3 Å². The normalized spacial score (nSPS) is 10.6. The summed E-state index contributed by atoms with van der Waals surface area (Å²) in [7, 11) is 0. The maximum atomic E-state index is 11.6. The highest BCUT2D eigenvalue weighted by atomic mass is 16.1. The highest BCUT2D eigenvalue weighted by Gasteiger charge is 2.02. The second kappa shape index (κ2) is 3.18. The first kappa shape index (κ1) is 8.81. The molecule has 0 aliphatic carbocycles. The summed E-state index contributed by atoms with van der Waals surface area (Å²) in [6, 6.07) is 7.32. The first-order valence-corrected chi connectivity index (χ1v) is 4.62. The monoisotopic (exact) mass is 188 g/mol. The maximum Gasteiger partial charge on any atom is 0.256 e. The molecule has 2 rings (SSSR count). The third kappa shape index (κ3) is 1.27. The predicted molar refractivity (Wildman–Crippen MR) is 58.4 cm³/mol. The van der Waals surface area contributed by atoms with Crippen molar-refractivity contribution in [2.45, 2.75) is 13.3 Å². The lowest BCUT2D eigenvalue weighted by molar-refractivity contribution is 1.03. The lowest BCUT2D eigenvalue weighted by atomic mass is 10.1. The summed E-state index contributed by atoms with van der Waals surface area (Å²) < 4.78 is 0. The van der Waals surface area contributed by atoms with Crippen LogP contribution in [-0.2, 0) is 6.42 Å². The molecule has 0 aliphatic rings. The number of benzene rings is 1. The van der Waals surface area contributed by atoms with Crippen molar-refractivity contribution in [3.05, 3.63) is 40.3 Å². The van der Waals surface area contributed by atoms with Crippen LogP contribution in [0.3, 0.4) is 0 Å². The molecule has 0 saturated carbocycles. The zero-order valence-corrected chi connectivity index (χ0v) is 8.00. The number of aromatic nitrogens is 1. The molecule has 0 aliphatic heterocycles. The van der Waals surface area contributed by atoms with Crippen molar-refractivity contribution in [2.24, 2.45) is 0 Å². The van der Waals surface area contributed by atoms with E-state index in [-0.39, 0.29) is 5.56 Å².